The normalized spacial score (nSPS) is 11.8. The minimum Gasteiger partial charge on any atom is -0.465 e. The zero-order valence-electron chi connectivity index (χ0n) is 8.42. The van der Waals surface area contributed by atoms with E-state index in [-0.39, 0.29) is 12.3 Å². The first-order valence-electron chi connectivity index (χ1n) is 4.47. The fourth-order valence-electron chi connectivity index (χ4n) is 0.919. The fraction of sp³-hybridized carbons (Fsp3) is 0.222. The third kappa shape index (κ3) is 5.32. The molecule has 0 atom stereocenters. The van der Waals surface area contributed by atoms with Crippen molar-refractivity contribution in [3.8, 4) is 0 Å². The minimum atomic E-state index is -3.54. The van der Waals surface area contributed by atoms with Crippen molar-refractivity contribution in [1.82, 2.24) is 5.32 Å². The van der Waals surface area contributed by atoms with Gasteiger partial charge in [0.2, 0.25) is 15.9 Å². The molecule has 6 nitrogen and oxygen atoms in total. The van der Waals surface area contributed by atoms with Crippen molar-refractivity contribution in [2.24, 2.45) is 5.14 Å². The van der Waals surface area contributed by atoms with Gasteiger partial charge in [0.1, 0.15) is 5.76 Å². The highest BCUT2D eigenvalue weighted by molar-refractivity contribution is 7.89. The summed E-state index contributed by atoms with van der Waals surface area (Å²) in [4.78, 5) is 11.1. The number of nitrogens with two attached hydrogens (primary N) is 1. The number of carbonyl (C=O) groups is 1. The van der Waals surface area contributed by atoms with Crippen LogP contribution in [0.5, 0.6) is 0 Å². The van der Waals surface area contributed by atoms with Gasteiger partial charge in [-0.05, 0) is 18.2 Å². The number of primary sulfonamides is 1. The third-order valence-corrected chi connectivity index (χ3v) is 2.40. The maximum atomic E-state index is 11.1. The van der Waals surface area contributed by atoms with E-state index in [1.165, 1.54) is 18.4 Å². The highest BCUT2D eigenvalue weighted by Gasteiger charge is 2.02. The highest BCUT2D eigenvalue weighted by atomic mass is 32.2. The highest BCUT2D eigenvalue weighted by Crippen LogP contribution is 2.01. The summed E-state index contributed by atoms with van der Waals surface area (Å²) in [6, 6.07) is 3.38. The van der Waals surface area contributed by atoms with Crippen molar-refractivity contribution in [2.75, 3.05) is 12.3 Å². The molecule has 88 valence electrons. The van der Waals surface area contributed by atoms with Gasteiger partial charge in [-0.2, -0.15) is 0 Å². The molecule has 1 amide bonds. The van der Waals surface area contributed by atoms with Crippen molar-refractivity contribution in [3.63, 3.8) is 0 Å². The predicted molar refractivity (Wildman–Crippen MR) is 58.7 cm³/mol. The van der Waals surface area contributed by atoms with Gasteiger partial charge in [0.25, 0.3) is 0 Å². The van der Waals surface area contributed by atoms with Crippen molar-refractivity contribution < 1.29 is 17.6 Å². The molecule has 0 aliphatic heterocycles. The summed E-state index contributed by atoms with van der Waals surface area (Å²) in [5.41, 5.74) is 0. The second kappa shape index (κ2) is 5.47. The van der Waals surface area contributed by atoms with Gasteiger partial charge in [-0.25, -0.2) is 13.6 Å². The molecule has 0 aliphatic carbocycles. The number of rotatable bonds is 5. The number of furan rings is 1. The lowest BCUT2D eigenvalue weighted by atomic mass is 10.4. The van der Waals surface area contributed by atoms with E-state index < -0.39 is 15.9 Å². The van der Waals surface area contributed by atoms with Crippen LogP contribution in [0.25, 0.3) is 6.08 Å². The molecular formula is C9H12N2O4S. The Kier molecular flexibility index (Phi) is 4.27. The van der Waals surface area contributed by atoms with E-state index in [4.69, 9.17) is 9.56 Å². The molecule has 0 saturated carbocycles. The number of amides is 1. The van der Waals surface area contributed by atoms with Gasteiger partial charge in [0, 0.05) is 12.6 Å². The van der Waals surface area contributed by atoms with Gasteiger partial charge in [-0.15, -0.1) is 0 Å². The van der Waals surface area contributed by atoms with Crippen LogP contribution in [-0.2, 0) is 14.8 Å². The van der Waals surface area contributed by atoms with E-state index in [9.17, 15) is 13.2 Å². The van der Waals surface area contributed by atoms with Crippen LogP contribution in [0.3, 0.4) is 0 Å². The van der Waals surface area contributed by atoms with E-state index >= 15 is 0 Å². The SMILES string of the molecule is NS(=O)(=O)CCNC(=O)/C=C/c1ccco1. The Hall–Kier alpha value is -1.60. The molecule has 0 saturated heterocycles. The Bertz CT molecular complexity index is 462. The van der Waals surface area contributed by atoms with Crippen molar-refractivity contribution in [1.29, 1.82) is 0 Å². The lowest BCUT2D eigenvalue weighted by Crippen LogP contribution is -2.30. The van der Waals surface area contributed by atoms with Crippen LogP contribution in [0.2, 0.25) is 0 Å². The van der Waals surface area contributed by atoms with E-state index in [2.05, 4.69) is 5.32 Å². The summed E-state index contributed by atoms with van der Waals surface area (Å²) in [6.07, 6.45) is 4.22. The van der Waals surface area contributed by atoms with Crippen LogP contribution in [0.4, 0.5) is 0 Å². The summed E-state index contributed by atoms with van der Waals surface area (Å²) >= 11 is 0. The number of hydrogen-bond donors (Lipinski definition) is 2. The number of hydrogen-bond acceptors (Lipinski definition) is 4. The Morgan fingerprint density at radius 3 is 2.88 bits per heavy atom. The topological polar surface area (TPSA) is 102 Å². The Labute approximate surface area is 93.2 Å². The monoisotopic (exact) mass is 244 g/mol. The average molecular weight is 244 g/mol. The smallest absolute Gasteiger partial charge is 0.244 e. The van der Waals surface area contributed by atoms with Crippen LogP contribution < -0.4 is 10.5 Å². The van der Waals surface area contributed by atoms with E-state index in [1.807, 2.05) is 0 Å². The largest absolute Gasteiger partial charge is 0.465 e. The summed E-state index contributed by atoms with van der Waals surface area (Å²) in [5, 5.41) is 7.14. The molecule has 0 bridgehead atoms. The number of carbonyl (C=O) groups excluding carboxylic acids is 1. The molecule has 1 rings (SSSR count). The van der Waals surface area contributed by atoms with Gasteiger partial charge in [-0.3, -0.25) is 4.79 Å². The zero-order valence-corrected chi connectivity index (χ0v) is 9.24. The summed E-state index contributed by atoms with van der Waals surface area (Å²) in [7, 11) is -3.54. The molecule has 1 aromatic heterocycles. The molecular weight excluding hydrogens is 232 g/mol. The van der Waals surface area contributed by atoms with Crippen molar-refractivity contribution in [3.05, 3.63) is 30.2 Å². The third-order valence-electron chi connectivity index (χ3n) is 1.63. The molecule has 0 spiro atoms. The summed E-state index contributed by atoms with van der Waals surface area (Å²) < 4.78 is 26.1. The van der Waals surface area contributed by atoms with E-state index in [0.717, 1.165) is 0 Å². The van der Waals surface area contributed by atoms with Crippen LogP contribution in [0, 0.1) is 0 Å². The summed E-state index contributed by atoms with van der Waals surface area (Å²) in [6.45, 7) is -0.0137. The van der Waals surface area contributed by atoms with Gasteiger partial charge in [-0.1, -0.05) is 0 Å². The molecule has 7 heteroatoms. The van der Waals surface area contributed by atoms with Crippen molar-refractivity contribution in [2.45, 2.75) is 0 Å². The maximum absolute atomic E-state index is 11.1. The average Bonchev–Trinajstić information content (AvgIpc) is 2.65. The minimum absolute atomic E-state index is 0.0137. The van der Waals surface area contributed by atoms with Gasteiger partial charge >= 0.3 is 0 Å². The van der Waals surface area contributed by atoms with Crippen LogP contribution in [0.1, 0.15) is 5.76 Å². The number of sulfonamides is 1. The molecule has 0 aromatic carbocycles. The number of nitrogens with one attached hydrogen (secondary N) is 1. The molecule has 0 radical (unpaired) electrons. The quantitative estimate of drug-likeness (QED) is 0.694. The van der Waals surface area contributed by atoms with Crippen LogP contribution in [0.15, 0.2) is 28.9 Å². The standard InChI is InChI=1S/C9H12N2O4S/c10-16(13,14)7-5-11-9(12)4-3-8-2-1-6-15-8/h1-4,6H,5,7H2,(H,11,12)(H2,10,13,14)/b4-3+. The Morgan fingerprint density at radius 1 is 1.56 bits per heavy atom. The molecule has 3 N–H and O–H groups in total. The Morgan fingerprint density at radius 2 is 2.31 bits per heavy atom. The first kappa shape index (κ1) is 12.5. The van der Waals surface area contributed by atoms with E-state index in [1.54, 1.807) is 12.1 Å². The first-order chi connectivity index (χ1) is 7.47. The molecule has 0 unspecified atom stereocenters. The zero-order chi connectivity index (χ0) is 12.0. The van der Waals surface area contributed by atoms with Gasteiger partial charge < -0.3 is 9.73 Å². The predicted octanol–water partition coefficient (Wildman–Crippen LogP) is -0.302. The lowest BCUT2D eigenvalue weighted by Gasteiger charge is -1.99. The van der Waals surface area contributed by atoms with Gasteiger partial charge in [0.15, 0.2) is 0 Å². The second-order valence-electron chi connectivity index (χ2n) is 3.01. The van der Waals surface area contributed by atoms with E-state index in [0.29, 0.717) is 5.76 Å². The molecule has 0 fully saturated rings. The maximum Gasteiger partial charge on any atom is 0.244 e. The van der Waals surface area contributed by atoms with Gasteiger partial charge in [0.05, 0.1) is 12.0 Å². The molecule has 16 heavy (non-hydrogen) atoms. The molecule has 0 aliphatic rings. The summed E-state index contributed by atoms with van der Waals surface area (Å²) in [5.74, 6) is -0.144. The van der Waals surface area contributed by atoms with Crippen LogP contribution >= 0.6 is 0 Å². The van der Waals surface area contributed by atoms with Crippen molar-refractivity contribution >= 4 is 22.0 Å². The fourth-order valence-corrected chi connectivity index (χ4v) is 1.31. The Balaban J connectivity index is 2.32. The van der Waals surface area contributed by atoms with Crippen LogP contribution in [-0.4, -0.2) is 26.6 Å². The molecule has 1 aromatic rings. The first-order valence-corrected chi connectivity index (χ1v) is 6.19. The second-order valence-corrected chi connectivity index (χ2v) is 4.74. The lowest BCUT2D eigenvalue weighted by molar-refractivity contribution is -0.116. The molecule has 1 heterocycles.